The molecule has 4 nitrogen and oxygen atoms in total. The van der Waals surface area contributed by atoms with Crippen LogP contribution in [-0.2, 0) is 11.3 Å². The molecule has 18 heavy (non-hydrogen) atoms. The lowest BCUT2D eigenvalue weighted by atomic mass is 10.1. The van der Waals surface area contributed by atoms with Gasteiger partial charge in [-0.15, -0.1) is 0 Å². The van der Waals surface area contributed by atoms with Gasteiger partial charge in [0.15, 0.2) is 5.78 Å². The number of hydrogen-bond acceptors (Lipinski definition) is 3. The molecule has 0 radical (unpaired) electrons. The molecule has 1 aromatic heterocycles. The van der Waals surface area contributed by atoms with Gasteiger partial charge >= 0.3 is 0 Å². The van der Waals surface area contributed by atoms with Gasteiger partial charge in [-0.25, -0.2) is 0 Å². The first kappa shape index (κ1) is 13.3. The van der Waals surface area contributed by atoms with Crippen LogP contribution in [0.4, 0.5) is 0 Å². The third kappa shape index (κ3) is 2.64. The molecule has 0 N–H and O–H groups in total. The maximum Gasteiger partial charge on any atom is 0.166 e. The molecular formula is C14H22N2O2. The van der Waals surface area contributed by atoms with E-state index < -0.39 is 0 Å². The Labute approximate surface area is 108 Å². The lowest BCUT2D eigenvalue weighted by Crippen LogP contribution is -2.12. The van der Waals surface area contributed by atoms with E-state index in [9.17, 15) is 4.79 Å². The molecule has 0 spiro atoms. The highest BCUT2D eigenvalue weighted by atomic mass is 16.5. The molecular weight excluding hydrogens is 228 g/mol. The average molecular weight is 250 g/mol. The lowest BCUT2D eigenvalue weighted by Gasteiger charge is -2.10. The highest BCUT2D eigenvalue weighted by Gasteiger charge is 2.19. The molecule has 0 bridgehead atoms. The summed E-state index contributed by atoms with van der Waals surface area (Å²) in [5.41, 5.74) is 2.66. The van der Waals surface area contributed by atoms with Crippen molar-refractivity contribution in [1.29, 1.82) is 0 Å². The Hall–Kier alpha value is -1.16. The van der Waals surface area contributed by atoms with Crippen molar-refractivity contribution in [3.63, 3.8) is 0 Å². The molecule has 100 valence electrons. The molecule has 1 fully saturated rings. The number of aromatic nitrogens is 2. The van der Waals surface area contributed by atoms with Crippen LogP contribution in [0.25, 0.3) is 0 Å². The summed E-state index contributed by atoms with van der Waals surface area (Å²) in [5.74, 6) is 0.188. The molecule has 2 heterocycles. The van der Waals surface area contributed by atoms with Crippen molar-refractivity contribution < 1.29 is 9.53 Å². The Balaban J connectivity index is 2.06. The standard InChI is InChI=1S/C14H22N2O2/c1-4-13(17)14-10(2)15-16(11(14)3)8-7-12-6-5-9-18-12/h12H,4-9H2,1-3H3. The van der Waals surface area contributed by atoms with Crippen LogP contribution in [0.15, 0.2) is 0 Å². The van der Waals surface area contributed by atoms with Crippen molar-refractivity contribution >= 4 is 5.78 Å². The Morgan fingerprint density at radius 2 is 2.28 bits per heavy atom. The van der Waals surface area contributed by atoms with Crippen molar-refractivity contribution in [3.8, 4) is 0 Å². The van der Waals surface area contributed by atoms with Crippen LogP contribution >= 0.6 is 0 Å². The Morgan fingerprint density at radius 1 is 1.50 bits per heavy atom. The van der Waals surface area contributed by atoms with E-state index >= 15 is 0 Å². The van der Waals surface area contributed by atoms with E-state index in [-0.39, 0.29) is 5.78 Å². The fraction of sp³-hybridized carbons (Fsp3) is 0.714. The number of ketones is 1. The van der Waals surface area contributed by atoms with Gasteiger partial charge in [0.25, 0.3) is 0 Å². The molecule has 1 aliphatic rings. The van der Waals surface area contributed by atoms with Crippen LogP contribution in [0.5, 0.6) is 0 Å². The van der Waals surface area contributed by atoms with E-state index in [0.717, 1.165) is 42.9 Å². The Kier molecular flexibility index (Phi) is 4.17. The average Bonchev–Trinajstić information content (AvgIpc) is 2.95. The van der Waals surface area contributed by atoms with E-state index in [1.165, 1.54) is 6.42 Å². The van der Waals surface area contributed by atoms with Crippen LogP contribution in [-0.4, -0.2) is 28.3 Å². The number of carbonyl (C=O) groups is 1. The number of aryl methyl sites for hydroxylation is 2. The van der Waals surface area contributed by atoms with Gasteiger partial charge in [-0.2, -0.15) is 5.10 Å². The summed E-state index contributed by atoms with van der Waals surface area (Å²) in [6.07, 6.45) is 4.22. The van der Waals surface area contributed by atoms with Gasteiger partial charge in [-0.3, -0.25) is 9.48 Å². The van der Waals surface area contributed by atoms with Gasteiger partial charge in [-0.05, 0) is 33.1 Å². The largest absolute Gasteiger partial charge is 0.378 e. The predicted octanol–water partition coefficient (Wildman–Crippen LogP) is 2.66. The summed E-state index contributed by atoms with van der Waals surface area (Å²) in [5, 5.41) is 4.48. The molecule has 4 heteroatoms. The summed E-state index contributed by atoms with van der Waals surface area (Å²) in [7, 11) is 0. The van der Waals surface area contributed by atoms with Crippen molar-refractivity contribution in [2.45, 2.75) is 59.1 Å². The third-order valence-corrected chi connectivity index (χ3v) is 3.67. The SMILES string of the molecule is CCC(=O)c1c(C)nn(CCC2CCCO2)c1C. The molecule has 1 aliphatic heterocycles. The summed E-state index contributed by atoms with van der Waals surface area (Å²) in [4.78, 5) is 11.9. The van der Waals surface area contributed by atoms with Crippen LogP contribution in [0.2, 0.25) is 0 Å². The van der Waals surface area contributed by atoms with Crippen molar-refractivity contribution in [2.75, 3.05) is 6.61 Å². The minimum Gasteiger partial charge on any atom is -0.378 e. The Morgan fingerprint density at radius 3 is 2.89 bits per heavy atom. The van der Waals surface area contributed by atoms with Gasteiger partial charge in [0.1, 0.15) is 0 Å². The number of rotatable bonds is 5. The molecule has 2 rings (SSSR count). The monoisotopic (exact) mass is 250 g/mol. The van der Waals surface area contributed by atoms with Crippen LogP contribution in [0.3, 0.4) is 0 Å². The number of hydrogen-bond donors (Lipinski definition) is 0. The Bertz CT molecular complexity index is 431. The number of Topliss-reactive ketones (excluding diaryl/α,β-unsaturated/α-hetero) is 1. The van der Waals surface area contributed by atoms with Gasteiger partial charge in [0, 0.05) is 25.3 Å². The van der Waals surface area contributed by atoms with Crippen LogP contribution < -0.4 is 0 Å². The van der Waals surface area contributed by atoms with Crippen molar-refractivity contribution in [3.05, 3.63) is 17.0 Å². The maximum atomic E-state index is 11.9. The van der Waals surface area contributed by atoms with Gasteiger partial charge in [-0.1, -0.05) is 6.92 Å². The first-order chi connectivity index (χ1) is 8.63. The second kappa shape index (κ2) is 5.65. The van der Waals surface area contributed by atoms with Gasteiger partial charge < -0.3 is 4.74 Å². The van der Waals surface area contributed by atoms with Crippen LogP contribution in [0, 0.1) is 13.8 Å². The molecule has 1 aromatic rings. The second-order valence-corrected chi connectivity index (χ2v) is 4.97. The summed E-state index contributed by atoms with van der Waals surface area (Å²) in [6.45, 7) is 7.53. The van der Waals surface area contributed by atoms with E-state index in [1.807, 2.05) is 25.5 Å². The fourth-order valence-electron chi connectivity index (χ4n) is 2.63. The number of carbonyl (C=O) groups excluding carboxylic acids is 1. The minimum atomic E-state index is 0.188. The molecule has 0 aliphatic carbocycles. The zero-order valence-corrected chi connectivity index (χ0v) is 11.5. The molecule has 1 saturated heterocycles. The molecule has 1 atom stereocenters. The van der Waals surface area contributed by atoms with Gasteiger partial charge in [0.2, 0.25) is 0 Å². The smallest absolute Gasteiger partial charge is 0.166 e. The number of nitrogens with zero attached hydrogens (tertiary/aromatic N) is 2. The zero-order chi connectivity index (χ0) is 13.1. The minimum absolute atomic E-state index is 0.188. The van der Waals surface area contributed by atoms with E-state index in [1.54, 1.807) is 0 Å². The topological polar surface area (TPSA) is 44.1 Å². The lowest BCUT2D eigenvalue weighted by molar-refractivity contribution is 0.0985. The quantitative estimate of drug-likeness (QED) is 0.755. The van der Waals surface area contributed by atoms with Crippen molar-refractivity contribution in [1.82, 2.24) is 9.78 Å². The second-order valence-electron chi connectivity index (χ2n) is 4.97. The van der Waals surface area contributed by atoms with Crippen LogP contribution in [0.1, 0.15) is 54.4 Å². The van der Waals surface area contributed by atoms with Crippen molar-refractivity contribution in [2.24, 2.45) is 0 Å². The highest BCUT2D eigenvalue weighted by molar-refractivity contribution is 5.97. The number of ether oxygens (including phenoxy) is 1. The predicted molar refractivity (Wildman–Crippen MR) is 69.9 cm³/mol. The summed E-state index contributed by atoms with van der Waals surface area (Å²) < 4.78 is 7.57. The van der Waals surface area contributed by atoms with E-state index in [2.05, 4.69) is 5.10 Å². The molecule has 0 amide bonds. The highest BCUT2D eigenvalue weighted by Crippen LogP contribution is 2.19. The summed E-state index contributed by atoms with van der Waals surface area (Å²) >= 11 is 0. The first-order valence-corrected chi connectivity index (χ1v) is 6.82. The molecule has 0 aromatic carbocycles. The summed E-state index contributed by atoms with van der Waals surface area (Å²) in [6, 6.07) is 0. The van der Waals surface area contributed by atoms with Gasteiger partial charge in [0.05, 0.1) is 17.4 Å². The fourth-order valence-corrected chi connectivity index (χ4v) is 2.63. The normalized spacial score (nSPS) is 19.4. The van der Waals surface area contributed by atoms with E-state index in [4.69, 9.17) is 4.74 Å². The molecule has 0 saturated carbocycles. The third-order valence-electron chi connectivity index (χ3n) is 3.67. The van der Waals surface area contributed by atoms with E-state index in [0.29, 0.717) is 12.5 Å². The maximum absolute atomic E-state index is 11.9. The first-order valence-electron chi connectivity index (χ1n) is 6.82. The zero-order valence-electron chi connectivity index (χ0n) is 11.5. The molecule has 1 unspecified atom stereocenters.